The number of nitrogens with one attached hydrogen (secondary N) is 2. The zero-order valence-corrected chi connectivity index (χ0v) is 18.3. The van der Waals surface area contributed by atoms with Crippen LogP contribution in [0.2, 0.25) is 0 Å². The van der Waals surface area contributed by atoms with E-state index in [2.05, 4.69) is 29.5 Å². The molecular formula is C19H37IN4O. The summed E-state index contributed by atoms with van der Waals surface area (Å²) in [6.45, 7) is 5.10. The van der Waals surface area contributed by atoms with Crippen LogP contribution in [0.4, 0.5) is 0 Å². The average Bonchev–Trinajstić information content (AvgIpc) is 3.22. The first-order valence-corrected chi connectivity index (χ1v) is 10.2. The predicted molar refractivity (Wildman–Crippen MR) is 115 cm³/mol. The van der Waals surface area contributed by atoms with Crippen molar-refractivity contribution >= 4 is 29.9 Å². The van der Waals surface area contributed by atoms with Crippen molar-refractivity contribution in [1.29, 1.82) is 0 Å². The van der Waals surface area contributed by atoms with Crippen LogP contribution >= 0.6 is 24.0 Å². The van der Waals surface area contributed by atoms with Gasteiger partial charge in [-0.05, 0) is 59.0 Å². The number of hydrogen-bond acceptors (Lipinski definition) is 3. The second-order valence-electron chi connectivity index (χ2n) is 7.75. The third-order valence-electron chi connectivity index (χ3n) is 5.91. The number of ether oxygens (including phenoxy) is 1. The van der Waals surface area contributed by atoms with Gasteiger partial charge in [0.05, 0.1) is 18.2 Å². The Morgan fingerprint density at radius 1 is 1.16 bits per heavy atom. The van der Waals surface area contributed by atoms with Gasteiger partial charge in [0.1, 0.15) is 0 Å². The highest BCUT2D eigenvalue weighted by atomic mass is 127. The average molecular weight is 464 g/mol. The standard InChI is InChI=1S/C19H36N4O.HI/c1-3-20-19(22-17-14-16-10-11-18(17)24-16)21-12-7-13-23(2)15-8-5-4-6-9-15;/h15-18H,3-14H2,1-2H3,(H2,20,21,22);1H. The van der Waals surface area contributed by atoms with Crippen LogP contribution in [0.15, 0.2) is 4.99 Å². The molecule has 146 valence electrons. The van der Waals surface area contributed by atoms with Crippen LogP contribution in [-0.4, -0.2) is 61.8 Å². The molecule has 2 heterocycles. The summed E-state index contributed by atoms with van der Waals surface area (Å²) < 4.78 is 5.94. The molecule has 0 aromatic rings. The van der Waals surface area contributed by atoms with Crippen LogP contribution in [0.1, 0.15) is 64.7 Å². The maximum Gasteiger partial charge on any atom is 0.191 e. The van der Waals surface area contributed by atoms with Gasteiger partial charge < -0.3 is 20.3 Å². The van der Waals surface area contributed by atoms with Crippen LogP contribution in [0.25, 0.3) is 0 Å². The molecule has 0 aromatic carbocycles. The normalized spacial score (nSPS) is 29.7. The van der Waals surface area contributed by atoms with Crippen molar-refractivity contribution < 1.29 is 4.74 Å². The molecule has 0 aromatic heterocycles. The minimum absolute atomic E-state index is 0. The van der Waals surface area contributed by atoms with E-state index >= 15 is 0 Å². The zero-order chi connectivity index (χ0) is 16.8. The lowest BCUT2D eigenvalue weighted by molar-refractivity contribution is 0.0992. The van der Waals surface area contributed by atoms with E-state index in [1.54, 1.807) is 0 Å². The molecule has 2 aliphatic heterocycles. The van der Waals surface area contributed by atoms with Gasteiger partial charge >= 0.3 is 0 Å². The molecule has 2 bridgehead atoms. The number of hydrogen-bond donors (Lipinski definition) is 2. The van der Waals surface area contributed by atoms with E-state index in [0.717, 1.165) is 44.5 Å². The number of guanidine groups is 1. The fraction of sp³-hybridized carbons (Fsp3) is 0.947. The van der Waals surface area contributed by atoms with Crippen molar-refractivity contribution in [3.8, 4) is 0 Å². The van der Waals surface area contributed by atoms with E-state index in [1.165, 1.54) is 44.9 Å². The van der Waals surface area contributed by atoms with Crippen molar-refractivity contribution in [2.45, 2.75) is 89.0 Å². The highest BCUT2D eigenvalue weighted by Gasteiger charge is 2.41. The van der Waals surface area contributed by atoms with Gasteiger partial charge in [-0.15, -0.1) is 24.0 Å². The van der Waals surface area contributed by atoms with Crippen LogP contribution in [0.3, 0.4) is 0 Å². The quantitative estimate of drug-likeness (QED) is 0.263. The monoisotopic (exact) mass is 464 g/mol. The first-order valence-electron chi connectivity index (χ1n) is 10.2. The molecule has 3 unspecified atom stereocenters. The van der Waals surface area contributed by atoms with Gasteiger partial charge in [0.2, 0.25) is 0 Å². The molecule has 1 aliphatic carbocycles. The lowest BCUT2D eigenvalue weighted by atomic mass is 9.94. The molecule has 0 amide bonds. The van der Waals surface area contributed by atoms with Gasteiger partial charge in [0.25, 0.3) is 0 Å². The Balaban J connectivity index is 0.00000225. The third kappa shape index (κ3) is 6.24. The first-order chi connectivity index (χ1) is 11.8. The van der Waals surface area contributed by atoms with E-state index in [-0.39, 0.29) is 24.0 Å². The van der Waals surface area contributed by atoms with Crippen LogP contribution < -0.4 is 10.6 Å². The topological polar surface area (TPSA) is 48.9 Å². The van der Waals surface area contributed by atoms with Gasteiger partial charge in [-0.3, -0.25) is 4.99 Å². The fourth-order valence-corrected chi connectivity index (χ4v) is 4.50. The molecule has 1 saturated carbocycles. The second kappa shape index (κ2) is 10.9. The zero-order valence-electron chi connectivity index (χ0n) is 16.0. The van der Waals surface area contributed by atoms with E-state index in [4.69, 9.17) is 9.73 Å². The van der Waals surface area contributed by atoms with Gasteiger partial charge in [-0.25, -0.2) is 0 Å². The third-order valence-corrected chi connectivity index (χ3v) is 5.91. The molecule has 5 nitrogen and oxygen atoms in total. The van der Waals surface area contributed by atoms with Crippen LogP contribution in [-0.2, 0) is 4.74 Å². The number of halogens is 1. The maximum absolute atomic E-state index is 5.94. The number of rotatable bonds is 7. The van der Waals surface area contributed by atoms with Gasteiger partial charge in [-0.2, -0.15) is 0 Å². The van der Waals surface area contributed by atoms with Crippen molar-refractivity contribution in [1.82, 2.24) is 15.5 Å². The summed E-state index contributed by atoms with van der Waals surface area (Å²) in [5.41, 5.74) is 0. The Bertz CT molecular complexity index is 414. The molecule has 3 fully saturated rings. The molecule has 2 saturated heterocycles. The van der Waals surface area contributed by atoms with Crippen molar-refractivity contribution in [2.75, 3.05) is 26.7 Å². The molecule has 3 atom stereocenters. The Kier molecular flexibility index (Phi) is 9.27. The number of aliphatic imine (C=N–C) groups is 1. The fourth-order valence-electron chi connectivity index (χ4n) is 4.50. The van der Waals surface area contributed by atoms with Gasteiger partial charge in [-0.1, -0.05) is 19.3 Å². The summed E-state index contributed by atoms with van der Waals surface area (Å²) in [5.74, 6) is 0.971. The molecule has 0 spiro atoms. The summed E-state index contributed by atoms with van der Waals surface area (Å²) in [6, 6.07) is 1.26. The van der Waals surface area contributed by atoms with Crippen molar-refractivity contribution in [3.05, 3.63) is 0 Å². The Labute approximate surface area is 170 Å². The molecular weight excluding hydrogens is 427 g/mol. The van der Waals surface area contributed by atoms with E-state index < -0.39 is 0 Å². The molecule has 6 heteroatoms. The number of fused-ring (bicyclic) bond motifs is 2. The maximum atomic E-state index is 5.94. The van der Waals surface area contributed by atoms with Gasteiger partial charge in [0, 0.05) is 19.1 Å². The van der Waals surface area contributed by atoms with Crippen LogP contribution in [0, 0.1) is 0 Å². The van der Waals surface area contributed by atoms with Crippen molar-refractivity contribution in [3.63, 3.8) is 0 Å². The highest BCUT2D eigenvalue weighted by molar-refractivity contribution is 14.0. The summed E-state index contributed by atoms with van der Waals surface area (Å²) in [5, 5.41) is 6.99. The Morgan fingerprint density at radius 2 is 1.96 bits per heavy atom. The Hall–Kier alpha value is -0.0800. The molecule has 2 N–H and O–H groups in total. The number of nitrogens with zero attached hydrogens (tertiary/aromatic N) is 2. The molecule has 0 radical (unpaired) electrons. The highest BCUT2D eigenvalue weighted by Crippen LogP contribution is 2.34. The largest absolute Gasteiger partial charge is 0.373 e. The lowest BCUT2D eigenvalue weighted by Crippen LogP contribution is -2.47. The minimum Gasteiger partial charge on any atom is -0.373 e. The van der Waals surface area contributed by atoms with E-state index in [0.29, 0.717) is 18.2 Å². The van der Waals surface area contributed by atoms with Gasteiger partial charge in [0.15, 0.2) is 5.96 Å². The van der Waals surface area contributed by atoms with E-state index in [9.17, 15) is 0 Å². The SMILES string of the molecule is CCNC(=NCCCN(C)C1CCCCC1)NC1CC2CCC1O2.I. The van der Waals surface area contributed by atoms with Crippen LogP contribution in [0.5, 0.6) is 0 Å². The van der Waals surface area contributed by atoms with E-state index in [1.807, 2.05) is 0 Å². The molecule has 25 heavy (non-hydrogen) atoms. The summed E-state index contributed by atoms with van der Waals surface area (Å²) in [7, 11) is 2.29. The molecule has 3 aliphatic rings. The summed E-state index contributed by atoms with van der Waals surface area (Å²) >= 11 is 0. The van der Waals surface area contributed by atoms with Crippen molar-refractivity contribution in [2.24, 2.45) is 4.99 Å². The Morgan fingerprint density at radius 3 is 2.60 bits per heavy atom. The minimum atomic E-state index is 0. The summed E-state index contributed by atoms with van der Waals surface area (Å²) in [4.78, 5) is 7.34. The smallest absolute Gasteiger partial charge is 0.191 e. The lowest BCUT2D eigenvalue weighted by Gasteiger charge is -2.31. The molecule has 3 rings (SSSR count). The summed E-state index contributed by atoms with van der Waals surface area (Å²) in [6.07, 6.45) is 12.6. The predicted octanol–water partition coefficient (Wildman–Crippen LogP) is 3.13. The second-order valence-corrected chi connectivity index (χ2v) is 7.75. The first kappa shape index (κ1) is 21.2.